The summed E-state index contributed by atoms with van der Waals surface area (Å²) >= 11 is 1.91. The lowest BCUT2D eigenvalue weighted by atomic mass is 10.6. The van der Waals surface area contributed by atoms with E-state index in [2.05, 4.69) is 18.9 Å². The van der Waals surface area contributed by atoms with E-state index in [1.54, 1.807) is 0 Å². The third-order valence-corrected chi connectivity index (χ3v) is 1.53. The molecule has 0 N–H and O–H groups in total. The van der Waals surface area contributed by atoms with Crippen LogP contribution in [0.15, 0.2) is 0 Å². The van der Waals surface area contributed by atoms with Crippen LogP contribution in [-0.4, -0.2) is 31.6 Å². The van der Waals surface area contributed by atoms with E-state index in [0.29, 0.717) is 0 Å². The average Bonchev–Trinajstić information content (AvgIpc) is 1.83. The lowest BCUT2D eigenvalue weighted by molar-refractivity contribution is 0.289. The maximum Gasteiger partial charge on any atom is 0.109 e. The Balaban J connectivity index is 2.86. The van der Waals surface area contributed by atoms with Crippen molar-refractivity contribution in [2.24, 2.45) is 0 Å². The summed E-state index contributed by atoms with van der Waals surface area (Å²) in [6.07, 6.45) is 0. The molecule has 0 aliphatic carbocycles. The summed E-state index contributed by atoms with van der Waals surface area (Å²) in [7, 11) is 2.08. The molecule has 0 spiro atoms. The number of rotatable bonds is 4. The molecule has 0 aliphatic rings. The molecular formula is C5H12INO. The Hall–Kier alpha value is 0.650. The Morgan fingerprint density at radius 2 is 2.25 bits per heavy atom. The Morgan fingerprint density at radius 3 is 2.62 bits per heavy atom. The van der Waals surface area contributed by atoms with Crippen LogP contribution in [0.5, 0.6) is 0 Å². The normalized spacial score (nSPS) is 10.5. The van der Waals surface area contributed by atoms with Gasteiger partial charge in [-0.05, 0) is 13.6 Å². The second-order valence-corrected chi connectivity index (χ2v) is 2.33. The minimum absolute atomic E-state index is 0.824. The molecule has 3 heteroatoms. The van der Waals surface area contributed by atoms with Gasteiger partial charge in [0.2, 0.25) is 0 Å². The molecule has 0 fully saturated rings. The molecule has 2 nitrogen and oxygen atoms in total. The lowest BCUT2D eigenvalue weighted by Crippen LogP contribution is -2.21. The summed E-state index contributed by atoms with van der Waals surface area (Å²) in [4.78, 5) is 2.21. The Labute approximate surface area is 64.9 Å². The fourth-order valence-electron chi connectivity index (χ4n) is 0.348. The summed E-state index contributed by atoms with van der Waals surface area (Å²) in [5.41, 5.74) is 0. The molecule has 0 aromatic heterocycles. The smallest absolute Gasteiger partial charge is 0.109 e. The van der Waals surface area contributed by atoms with Crippen molar-refractivity contribution in [3.8, 4) is 0 Å². The molecule has 50 valence electrons. The van der Waals surface area contributed by atoms with E-state index in [1.165, 1.54) is 0 Å². The average molecular weight is 229 g/mol. The van der Waals surface area contributed by atoms with Gasteiger partial charge in [-0.2, -0.15) is 0 Å². The second kappa shape index (κ2) is 5.78. The highest BCUT2D eigenvalue weighted by Gasteiger charge is 1.90. The maximum absolute atomic E-state index is 4.84. The van der Waals surface area contributed by atoms with Crippen LogP contribution in [-0.2, 0) is 3.07 Å². The third-order valence-electron chi connectivity index (χ3n) is 1.09. The minimum atomic E-state index is 0.824. The molecule has 0 amide bonds. The van der Waals surface area contributed by atoms with Crippen LogP contribution in [0.3, 0.4) is 0 Å². The van der Waals surface area contributed by atoms with Crippen molar-refractivity contribution in [1.82, 2.24) is 4.90 Å². The fourth-order valence-corrected chi connectivity index (χ4v) is 0.545. The monoisotopic (exact) mass is 229 g/mol. The van der Waals surface area contributed by atoms with Crippen LogP contribution >= 0.6 is 23.0 Å². The highest BCUT2D eigenvalue weighted by molar-refractivity contribution is 14.1. The number of likely N-dealkylation sites (N-methyl/N-ethyl adjacent to an activating group) is 1. The molecule has 0 atom stereocenters. The number of hydrogen-bond donors (Lipinski definition) is 0. The van der Waals surface area contributed by atoms with Crippen molar-refractivity contribution < 1.29 is 3.07 Å². The van der Waals surface area contributed by atoms with Gasteiger partial charge in [0, 0.05) is 6.54 Å². The zero-order valence-electron chi connectivity index (χ0n) is 5.35. The Bertz CT molecular complexity index is 51.7. The van der Waals surface area contributed by atoms with Crippen LogP contribution in [0.4, 0.5) is 0 Å². The Morgan fingerprint density at radius 1 is 1.62 bits per heavy atom. The molecule has 0 aliphatic heterocycles. The first-order chi connectivity index (χ1) is 3.81. The molecule has 0 rings (SSSR count). The zero-order valence-corrected chi connectivity index (χ0v) is 7.51. The van der Waals surface area contributed by atoms with Gasteiger partial charge in [0.25, 0.3) is 0 Å². The summed E-state index contributed by atoms with van der Waals surface area (Å²) in [6, 6.07) is 0. The van der Waals surface area contributed by atoms with Crippen molar-refractivity contribution in [3.05, 3.63) is 0 Å². The van der Waals surface area contributed by atoms with Gasteiger partial charge in [0.1, 0.15) is 23.0 Å². The first-order valence-corrected chi connectivity index (χ1v) is 3.61. The lowest BCUT2D eigenvalue weighted by Gasteiger charge is -2.10. The number of hydrogen-bond acceptors (Lipinski definition) is 2. The van der Waals surface area contributed by atoms with E-state index in [0.717, 1.165) is 19.7 Å². The van der Waals surface area contributed by atoms with E-state index >= 15 is 0 Å². The van der Waals surface area contributed by atoms with Crippen molar-refractivity contribution >= 4 is 23.0 Å². The second-order valence-electron chi connectivity index (χ2n) is 1.71. The summed E-state index contributed by atoms with van der Waals surface area (Å²) < 4.78 is 4.84. The van der Waals surface area contributed by atoms with Crippen molar-refractivity contribution in [2.45, 2.75) is 6.92 Å². The standard InChI is InChI=1S/C5H12INO/c1-3-7(2)4-5-8-6/h3-5H2,1-2H3. The van der Waals surface area contributed by atoms with Gasteiger partial charge in [-0.1, -0.05) is 6.92 Å². The SMILES string of the molecule is CCN(C)CCOI. The predicted octanol–water partition coefficient (Wildman–Crippen LogP) is 1.30. The molecule has 0 saturated carbocycles. The summed E-state index contributed by atoms with van der Waals surface area (Å²) in [5, 5.41) is 0. The van der Waals surface area contributed by atoms with Gasteiger partial charge in [0.05, 0.1) is 6.61 Å². The first-order valence-electron chi connectivity index (χ1n) is 2.73. The van der Waals surface area contributed by atoms with Crippen LogP contribution < -0.4 is 0 Å². The van der Waals surface area contributed by atoms with E-state index in [4.69, 9.17) is 3.07 Å². The summed E-state index contributed by atoms with van der Waals surface area (Å²) in [5.74, 6) is 0. The van der Waals surface area contributed by atoms with Gasteiger partial charge in [-0.15, -0.1) is 0 Å². The Kier molecular flexibility index (Phi) is 6.25. The van der Waals surface area contributed by atoms with Crippen molar-refractivity contribution in [1.29, 1.82) is 0 Å². The molecule has 0 bridgehead atoms. The largest absolute Gasteiger partial charge is 0.314 e. The first kappa shape index (κ1) is 8.65. The number of nitrogens with zero attached hydrogens (tertiary/aromatic N) is 1. The third kappa shape index (κ3) is 4.80. The van der Waals surface area contributed by atoms with Gasteiger partial charge >= 0.3 is 0 Å². The maximum atomic E-state index is 4.84. The van der Waals surface area contributed by atoms with Gasteiger partial charge < -0.3 is 7.97 Å². The number of halogens is 1. The zero-order chi connectivity index (χ0) is 6.41. The van der Waals surface area contributed by atoms with Gasteiger partial charge in [-0.25, -0.2) is 0 Å². The molecule has 0 aromatic rings. The van der Waals surface area contributed by atoms with Crippen LogP contribution in [0.1, 0.15) is 6.92 Å². The summed E-state index contributed by atoms with van der Waals surface area (Å²) in [6.45, 7) is 5.08. The van der Waals surface area contributed by atoms with E-state index in [-0.39, 0.29) is 0 Å². The fraction of sp³-hybridized carbons (Fsp3) is 1.00. The highest BCUT2D eigenvalue weighted by atomic mass is 127. The van der Waals surface area contributed by atoms with E-state index in [1.807, 2.05) is 23.0 Å². The van der Waals surface area contributed by atoms with Gasteiger partial charge in [-0.3, -0.25) is 0 Å². The molecule has 0 radical (unpaired) electrons. The molecule has 0 heterocycles. The van der Waals surface area contributed by atoms with Crippen molar-refractivity contribution in [2.75, 3.05) is 26.7 Å². The molecule has 0 aromatic carbocycles. The van der Waals surface area contributed by atoms with Crippen LogP contribution in [0, 0.1) is 0 Å². The molecule has 8 heavy (non-hydrogen) atoms. The quantitative estimate of drug-likeness (QED) is 0.674. The molecule has 0 saturated heterocycles. The van der Waals surface area contributed by atoms with Gasteiger partial charge in [0.15, 0.2) is 0 Å². The highest BCUT2D eigenvalue weighted by Crippen LogP contribution is 1.86. The van der Waals surface area contributed by atoms with E-state index < -0.39 is 0 Å². The molecular weight excluding hydrogens is 217 g/mol. The van der Waals surface area contributed by atoms with Crippen LogP contribution in [0.25, 0.3) is 0 Å². The molecule has 0 unspecified atom stereocenters. The predicted molar refractivity (Wildman–Crippen MR) is 43.1 cm³/mol. The minimum Gasteiger partial charge on any atom is -0.314 e. The van der Waals surface area contributed by atoms with Crippen LogP contribution in [0.2, 0.25) is 0 Å². The van der Waals surface area contributed by atoms with Crippen molar-refractivity contribution in [3.63, 3.8) is 0 Å². The topological polar surface area (TPSA) is 12.5 Å². The van der Waals surface area contributed by atoms with E-state index in [9.17, 15) is 0 Å².